The van der Waals surface area contributed by atoms with E-state index in [4.69, 9.17) is 0 Å². The third kappa shape index (κ3) is 3.15. The number of rotatable bonds is 2. The zero-order valence-electron chi connectivity index (χ0n) is 7.79. The standard InChI is InChI=1S/C11H12BrN/c1-3-7-13-9(2)10-5-4-6-11(12)8-10/h3-8H,1-2H3. The maximum atomic E-state index is 4.27. The van der Waals surface area contributed by atoms with E-state index in [9.17, 15) is 0 Å². The Kier molecular flexibility index (Phi) is 3.90. The highest BCUT2D eigenvalue weighted by atomic mass is 79.9. The van der Waals surface area contributed by atoms with Crippen molar-refractivity contribution in [3.8, 4) is 0 Å². The van der Waals surface area contributed by atoms with Crippen LogP contribution in [-0.2, 0) is 0 Å². The van der Waals surface area contributed by atoms with E-state index in [1.54, 1.807) is 6.20 Å². The molecule has 0 saturated heterocycles. The zero-order valence-corrected chi connectivity index (χ0v) is 9.38. The molecule has 0 atom stereocenters. The lowest BCUT2D eigenvalue weighted by molar-refractivity contribution is 1.47. The van der Waals surface area contributed by atoms with Crippen molar-refractivity contribution in [2.24, 2.45) is 4.99 Å². The van der Waals surface area contributed by atoms with Crippen molar-refractivity contribution in [3.05, 3.63) is 46.6 Å². The number of hydrogen-bond donors (Lipinski definition) is 0. The lowest BCUT2D eigenvalue weighted by atomic mass is 10.1. The summed E-state index contributed by atoms with van der Waals surface area (Å²) in [6.07, 6.45) is 3.72. The minimum absolute atomic E-state index is 1.03. The fraction of sp³-hybridized carbons (Fsp3) is 0.182. The zero-order chi connectivity index (χ0) is 9.68. The molecular formula is C11H12BrN. The van der Waals surface area contributed by atoms with E-state index < -0.39 is 0 Å². The Morgan fingerprint density at radius 3 is 2.85 bits per heavy atom. The summed E-state index contributed by atoms with van der Waals surface area (Å²) in [7, 11) is 0. The summed E-state index contributed by atoms with van der Waals surface area (Å²) in [4.78, 5) is 4.27. The van der Waals surface area contributed by atoms with Crippen molar-refractivity contribution >= 4 is 21.6 Å². The Morgan fingerprint density at radius 1 is 1.46 bits per heavy atom. The number of halogens is 1. The van der Waals surface area contributed by atoms with E-state index in [-0.39, 0.29) is 0 Å². The van der Waals surface area contributed by atoms with E-state index >= 15 is 0 Å². The Labute approximate surface area is 87.3 Å². The van der Waals surface area contributed by atoms with E-state index in [0.29, 0.717) is 0 Å². The van der Waals surface area contributed by atoms with Crippen LogP contribution in [0.1, 0.15) is 19.4 Å². The molecule has 0 aliphatic heterocycles. The molecule has 0 amide bonds. The molecule has 0 N–H and O–H groups in total. The smallest absolute Gasteiger partial charge is 0.0445 e. The molecule has 0 spiro atoms. The first-order chi connectivity index (χ1) is 6.24. The van der Waals surface area contributed by atoms with Crippen LogP contribution in [0.25, 0.3) is 0 Å². The van der Waals surface area contributed by atoms with Crippen molar-refractivity contribution in [1.82, 2.24) is 0 Å². The van der Waals surface area contributed by atoms with Crippen LogP contribution >= 0.6 is 15.9 Å². The van der Waals surface area contributed by atoms with E-state index in [2.05, 4.69) is 27.0 Å². The van der Waals surface area contributed by atoms with Crippen LogP contribution in [0.2, 0.25) is 0 Å². The quantitative estimate of drug-likeness (QED) is 0.695. The second-order valence-corrected chi connectivity index (χ2v) is 3.62. The van der Waals surface area contributed by atoms with Crippen LogP contribution in [0.15, 0.2) is 46.0 Å². The third-order valence-corrected chi connectivity index (χ3v) is 2.15. The summed E-state index contributed by atoms with van der Waals surface area (Å²) < 4.78 is 1.08. The third-order valence-electron chi connectivity index (χ3n) is 1.66. The molecule has 1 aromatic carbocycles. The minimum atomic E-state index is 1.03. The van der Waals surface area contributed by atoms with Gasteiger partial charge >= 0.3 is 0 Å². The highest BCUT2D eigenvalue weighted by molar-refractivity contribution is 9.10. The predicted molar refractivity (Wildman–Crippen MR) is 61.2 cm³/mol. The monoisotopic (exact) mass is 237 g/mol. The molecule has 0 aliphatic rings. The van der Waals surface area contributed by atoms with Crippen LogP contribution in [0.5, 0.6) is 0 Å². The van der Waals surface area contributed by atoms with Crippen LogP contribution < -0.4 is 0 Å². The molecular weight excluding hydrogens is 226 g/mol. The average molecular weight is 238 g/mol. The summed E-state index contributed by atoms with van der Waals surface area (Å²) in [6, 6.07) is 8.12. The van der Waals surface area contributed by atoms with Crippen molar-refractivity contribution in [2.45, 2.75) is 13.8 Å². The van der Waals surface area contributed by atoms with Gasteiger partial charge in [0.05, 0.1) is 0 Å². The first-order valence-electron chi connectivity index (χ1n) is 4.15. The molecule has 1 aromatic rings. The molecule has 1 rings (SSSR count). The molecule has 0 aromatic heterocycles. The topological polar surface area (TPSA) is 12.4 Å². The first-order valence-corrected chi connectivity index (χ1v) is 4.95. The van der Waals surface area contributed by atoms with E-state index in [0.717, 1.165) is 15.7 Å². The maximum Gasteiger partial charge on any atom is 0.0445 e. The SMILES string of the molecule is CC=CN=C(C)c1cccc(Br)c1. The van der Waals surface area contributed by atoms with Gasteiger partial charge in [0.2, 0.25) is 0 Å². The lowest BCUT2D eigenvalue weighted by Crippen LogP contribution is -1.92. The molecule has 0 unspecified atom stereocenters. The van der Waals surface area contributed by atoms with Crippen molar-refractivity contribution in [1.29, 1.82) is 0 Å². The molecule has 0 aliphatic carbocycles. The Bertz CT molecular complexity index is 340. The number of aliphatic imine (C=N–C) groups is 1. The normalized spacial score (nSPS) is 12.4. The summed E-state index contributed by atoms with van der Waals surface area (Å²) in [5, 5.41) is 0. The molecule has 68 valence electrons. The van der Waals surface area contributed by atoms with Gasteiger partial charge in [-0.2, -0.15) is 0 Å². The molecule has 0 heterocycles. The average Bonchev–Trinajstić information content (AvgIpc) is 2.14. The largest absolute Gasteiger partial charge is 0.261 e. The number of hydrogen-bond acceptors (Lipinski definition) is 1. The van der Waals surface area contributed by atoms with E-state index in [1.165, 1.54) is 0 Å². The van der Waals surface area contributed by atoms with Gasteiger partial charge in [-0.25, -0.2) is 0 Å². The van der Waals surface area contributed by atoms with Crippen molar-refractivity contribution in [2.75, 3.05) is 0 Å². The Balaban J connectivity index is 2.94. The molecule has 2 heteroatoms. The van der Waals surface area contributed by atoms with Gasteiger partial charge in [-0.1, -0.05) is 34.1 Å². The van der Waals surface area contributed by atoms with Crippen LogP contribution in [-0.4, -0.2) is 5.71 Å². The van der Waals surface area contributed by atoms with Gasteiger partial charge < -0.3 is 0 Å². The first kappa shape index (κ1) is 10.2. The fourth-order valence-electron chi connectivity index (χ4n) is 0.974. The minimum Gasteiger partial charge on any atom is -0.261 e. The van der Waals surface area contributed by atoms with Crippen LogP contribution in [0.4, 0.5) is 0 Å². The molecule has 1 nitrogen and oxygen atoms in total. The molecule has 0 bridgehead atoms. The van der Waals surface area contributed by atoms with Gasteiger partial charge in [-0.05, 0) is 31.5 Å². The molecule has 0 radical (unpaired) electrons. The summed E-state index contributed by atoms with van der Waals surface area (Å²) in [5.41, 5.74) is 2.17. The van der Waals surface area contributed by atoms with Gasteiger partial charge in [0.25, 0.3) is 0 Å². The molecule has 0 saturated carbocycles. The summed E-state index contributed by atoms with van der Waals surface area (Å²) >= 11 is 3.43. The second kappa shape index (κ2) is 4.97. The highest BCUT2D eigenvalue weighted by Crippen LogP contribution is 2.12. The van der Waals surface area contributed by atoms with Gasteiger partial charge in [-0.3, -0.25) is 4.99 Å². The van der Waals surface area contributed by atoms with E-state index in [1.807, 2.05) is 38.1 Å². The van der Waals surface area contributed by atoms with Crippen LogP contribution in [0, 0.1) is 0 Å². The fourth-order valence-corrected chi connectivity index (χ4v) is 1.37. The van der Waals surface area contributed by atoms with Crippen molar-refractivity contribution < 1.29 is 0 Å². The number of nitrogens with zero attached hydrogens (tertiary/aromatic N) is 1. The van der Waals surface area contributed by atoms with Gasteiger partial charge in [0, 0.05) is 16.4 Å². The highest BCUT2D eigenvalue weighted by Gasteiger charge is 1.95. The number of benzene rings is 1. The Morgan fingerprint density at radius 2 is 2.23 bits per heavy atom. The van der Waals surface area contributed by atoms with Crippen molar-refractivity contribution in [3.63, 3.8) is 0 Å². The Hall–Kier alpha value is -0.890. The molecule has 0 fully saturated rings. The van der Waals surface area contributed by atoms with Gasteiger partial charge in [0.1, 0.15) is 0 Å². The second-order valence-electron chi connectivity index (χ2n) is 2.71. The van der Waals surface area contributed by atoms with Gasteiger partial charge in [-0.15, -0.1) is 0 Å². The lowest BCUT2D eigenvalue weighted by Gasteiger charge is -1.99. The predicted octanol–water partition coefficient (Wildman–Crippen LogP) is 3.79. The van der Waals surface area contributed by atoms with Gasteiger partial charge in [0.15, 0.2) is 0 Å². The summed E-state index contributed by atoms with van der Waals surface area (Å²) in [6.45, 7) is 3.96. The summed E-state index contributed by atoms with van der Waals surface area (Å²) in [5.74, 6) is 0. The molecule has 13 heavy (non-hydrogen) atoms. The maximum absolute atomic E-state index is 4.27. The number of allylic oxidation sites excluding steroid dienone is 1. The van der Waals surface area contributed by atoms with Crippen LogP contribution in [0.3, 0.4) is 0 Å².